The number of halogens is 1. The Hall–Kier alpha value is -1.88. The molecule has 2 aromatic rings. The number of nitrogens with zero attached hydrogens (tertiary/aromatic N) is 3. The molecule has 0 saturated carbocycles. The van der Waals surface area contributed by atoms with E-state index in [2.05, 4.69) is 20.6 Å². The predicted molar refractivity (Wildman–Crippen MR) is 125 cm³/mol. The van der Waals surface area contributed by atoms with Gasteiger partial charge in [0, 0.05) is 25.5 Å². The van der Waals surface area contributed by atoms with Gasteiger partial charge in [0.25, 0.3) is 0 Å². The van der Waals surface area contributed by atoms with Crippen LogP contribution in [-0.2, 0) is 17.9 Å². The fourth-order valence-corrected chi connectivity index (χ4v) is 3.02. The van der Waals surface area contributed by atoms with E-state index in [9.17, 15) is 4.79 Å². The van der Waals surface area contributed by atoms with Gasteiger partial charge >= 0.3 is 0 Å². The van der Waals surface area contributed by atoms with Gasteiger partial charge in [-0.3, -0.25) is 4.79 Å². The van der Waals surface area contributed by atoms with Crippen molar-refractivity contribution in [3.05, 3.63) is 45.9 Å². The topological polar surface area (TPSA) is 78.8 Å². The van der Waals surface area contributed by atoms with Crippen LogP contribution < -0.4 is 15.4 Å². The molecule has 1 aromatic carbocycles. The maximum Gasteiger partial charge on any atom is 0.242 e. The molecule has 0 aliphatic heterocycles. The summed E-state index contributed by atoms with van der Waals surface area (Å²) in [5.74, 6) is 1.35. The van der Waals surface area contributed by atoms with Crippen LogP contribution in [0.15, 0.2) is 34.6 Å². The van der Waals surface area contributed by atoms with E-state index in [4.69, 9.17) is 4.74 Å². The number of ether oxygens (including phenoxy) is 1. The summed E-state index contributed by atoms with van der Waals surface area (Å²) in [6.07, 6.45) is 0. The number of hydrogen-bond donors (Lipinski definition) is 2. The Bertz CT molecular complexity index is 764. The number of aryl methyl sites for hydroxylation is 1. The molecule has 0 spiro atoms. The molecule has 0 saturated heterocycles. The highest BCUT2D eigenvalue weighted by Gasteiger charge is 2.09. The smallest absolute Gasteiger partial charge is 0.242 e. The molecular formula is C19H28IN5O2S. The second kappa shape index (κ2) is 12.6. The standard InChI is InChI=1S/C19H27N5O2S.HI/c1-5-20-19(24(3)12-16-13-27-14(2)23-16)22-11-18(25)21-10-15-6-8-17(26-4)9-7-15;/h6-9,13H,5,10-12H2,1-4H3,(H,20,22)(H,21,25);1H. The quantitative estimate of drug-likeness (QED) is 0.320. The van der Waals surface area contributed by atoms with Crippen molar-refractivity contribution in [2.75, 3.05) is 27.2 Å². The van der Waals surface area contributed by atoms with Gasteiger partial charge in [0.05, 0.1) is 24.4 Å². The van der Waals surface area contributed by atoms with Crippen LogP contribution in [0.25, 0.3) is 0 Å². The minimum absolute atomic E-state index is 0. The molecule has 1 heterocycles. The monoisotopic (exact) mass is 517 g/mol. The lowest BCUT2D eigenvalue weighted by Crippen LogP contribution is -2.39. The minimum atomic E-state index is -0.126. The summed E-state index contributed by atoms with van der Waals surface area (Å²) in [7, 11) is 3.56. The van der Waals surface area contributed by atoms with Crippen LogP contribution in [0.5, 0.6) is 5.75 Å². The Labute approximate surface area is 187 Å². The van der Waals surface area contributed by atoms with Gasteiger partial charge in [-0.1, -0.05) is 12.1 Å². The molecule has 1 amide bonds. The molecule has 9 heteroatoms. The summed E-state index contributed by atoms with van der Waals surface area (Å²) in [4.78, 5) is 23.0. The molecule has 154 valence electrons. The van der Waals surface area contributed by atoms with Crippen molar-refractivity contribution >= 4 is 47.2 Å². The van der Waals surface area contributed by atoms with Crippen molar-refractivity contribution in [2.45, 2.75) is 26.9 Å². The van der Waals surface area contributed by atoms with E-state index in [-0.39, 0.29) is 36.4 Å². The molecule has 2 rings (SSSR count). The Kier molecular flexibility index (Phi) is 10.8. The van der Waals surface area contributed by atoms with Gasteiger partial charge in [0.1, 0.15) is 12.3 Å². The van der Waals surface area contributed by atoms with Gasteiger partial charge in [-0.25, -0.2) is 9.98 Å². The van der Waals surface area contributed by atoms with Crippen LogP contribution in [0.4, 0.5) is 0 Å². The highest BCUT2D eigenvalue weighted by atomic mass is 127. The van der Waals surface area contributed by atoms with E-state index >= 15 is 0 Å². The molecule has 0 unspecified atom stereocenters. The summed E-state index contributed by atoms with van der Waals surface area (Å²) in [5, 5.41) is 9.17. The fourth-order valence-electron chi connectivity index (χ4n) is 2.42. The molecule has 0 aliphatic rings. The van der Waals surface area contributed by atoms with E-state index in [1.807, 2.05) is 55.4 Å². The Balaban J connectivity index is 0.00000392. The second-order valence-electron chi connectivity index (χ2n) is 6.01. The number of carbonyl (C=O) groups excluding carboxylic acids is 1. The van der Waals surface area contributed by atoms with Gasteiger partial charge < -0.3 is 20.3 Å². The van der Waals surface area contributed by atoms with Crippen LogP contribution in [0.2, 0.25) is 0 Å². The zero-order chi connectivity index (χ0) is 19.6. The minimum Gasteiger partial charge on any atom is -0.497 e. The van der Waals surface area contributed by atoms with Gasteiger partial charge in [0.2, 0.25) is 5.91 Å². The summed E-state index contributed by atoms with van der Waals surface area (Å²) < 4.78 is 5.13. The Morgan fingerprint density at radius 2 is 2.00 bits per heavy atom. The molecule has 0 aliphatic carbocycles. The van der Waals surface area contributed by atoms with Crippen molar-refractivity contribution < 1.29 is 9.53 Å². The molecule has 7 nitrogen and oxygen atoms in total. The largest absolute Gasteiger partial charge is 0.497 e. The molecule has 0 atom stereocenters. The average molecular weight is 517 g/mol. The molecule has 1 aromatic heterocycles. The van der Waals surface area contributed by atoms with Crippen LogP contribution in [-0.4, -0.2) is 49.0 Å². The molecule has 0 radical (unpaired) electrons. The Morgan fingerprint density at radius 3 is 2.57 bits per heavy atom. The number of rotatable bonds is 8. The van der Waals surface area contributed by atoms with Crippen LogP contribution in [0, 0.1) is 6.92 Å². The average Bonchev–Trinajstić information content (AvgIpc) is 3.08. The third kappa shape index (κ3) is 8.01. The van der Waals surface area contributed by atoms with Crippen LogP contribution in [0.3, 0.4) is 0 Å². The molecule has 28 heavy (non-hydrogen) atoms. The second-order valence-corrected chi connectivity index (χ2v) is 7.07. The number of amides is 1. The zero-order valence-electron chi connectivity index (χ0n) is 16.7. The first-order valence-electron chi connectivity index (χ1n) is 8.82. The van der Waals surface area contributed by atoms with Crippen molar-refractivity contribution in [3.63, 3.8) is 0 Å². The van der Waals surface area contributed by atoms with E-state index in [1.165, 1.54) is 0 Å². The van der Waals surface area contributed by atoms with Gasteiger partial charge in [-0.05, 0) is 31.5 Å². The first-order chi connectivity index (χ1) is 13.0. The summed E-state index contributed by atoms with van der Waals surface area (Å²) >= 11 is 1.63. The number of aliphatic imine (C=N–C) groups is 1. The molecular weight excluding hydrogens is 489 g/mol. The normalized spacial score (nSPS) is 10.8. The number of guanidine groups is 1. The van der Waals surface area contributed by atoms with E-state index in [1.54, 1.807) is 18.4 Å². The number of hydrogen-bond acceptors (Lipinski definition) is 5. The third-order valence-electron chi connectivity index (χ3n) is 3.78. The number of benzene rings is 1. The lowest BCUT2D eigenvalue weighted by molar-refractivity contribution is -0.119. The Morgan fingerprint density at radius 1 is 1.29 bits per heavy atom. The molecule has 0 fully saturated rings. The lowest BCUT2D eigenvalue weighted by atomic mass is 10.2. The van der Waals surface area contributed by atoms with E-state index < -0.39 is 0 Å². The number of nitrogens with one attached hydrogen (secondary N) is 2. The zero-order valence-corrected chi connectivity index (χ0v) is 19.8. The van der Waals surface area contributed by atoms with Crippen LogP contribution >= 0.6 is 35.3 Å². The third-order valence-corrected chi connectivity index (χ3v) is 4.61. The number of thiazole rings is 1. The molecule has 2 N–H and O–H groups in total. The molecule has 0 bridgehead atoms. The van der Waals surface area contributed by atoms with Gasteiger partial charge in [-0.15, -0.1) is 35.3 Å². The number of carbonyl (C=O) groups is 1. The lowest BCUT2D eigenvalue weighted by Gasteiger charge is -2.21. The van der Waals surface area contributed by atoms with Crippen molar-refractivity contribution in [1.82, 2.24) is 20.5 Å². The summed E-state index contributed by atoms with van der Waals surface area (Å²) in [5.41, 5.74) is 2.01. The maximum absolute atomic E-state index is 12.1. The first-order valence-corrected chi connectivity index (χ1v) is 9.69. The van der Waals surface area contributed by atoms with Crippen molar-refractivity contribution in [3.8, 4) is 5.75 Å². The van der Waals surface area contributed by atoms with Crippen LogP contribution in [0.1, 0.15) is 23.2 Å². The number of aromatic nitrogens is 1. The first kappa shape index (κ1) is 24.2. The van der Waals surface area contributed by atoms with Crippen molar-refractivity contribution in [2.24, 2.45) is 4.99 Å². The summed E-state index contributed by atoms with van der Waals surface area (Å²) in [6.45, 7) is 5.89. The fraction of sp³-hybridized carbons (Fsp3) is 0.421. The van der Waals surface area contributed by atoms with E-state index in [0.29, 0.717) is 19.0 Å². The van der Waals surface area contributed by atoms with Gasteiger partial charge in [0.15, 0.2) is 5.96 Å². The highest BCUT2D eigenvalue weighted by molar-refractivity contribution is 14.0. The summed E-state index contributed by atoms with van der Waals surface area (Å²) in [6, 6.07) is 7.60. The van der Waals surface area contributed by atoms with Crippen molar-refractivity contribution in [1.29, 1.82) is 0 Å². The maximum atomic E-state index is 12.1. The SMILES string of the molecule is CCNC(=NCC(=O)NCc1ccc(OC)cc1)N(C)Cc1csc(C)n1.I. The predicted octanol–water partition coefficient (Wildman–Crippen LogP) is 2.79. The highest BCUT2D eigenvalue weighted by Crippen LogP contribution is 2.11. The van der Waals surface area contributed by atoms with E-state index in [0.717, 1.165) is 28.6 Å². The number of methoxy groups -OCH3 is 1. The van der Waals surface area contributed by atoms with Gasteiger partial charge in [-0.2, -0.15) is 0 Å².